The number of rotatable bonds is 2. The molecule has 2 heterocycles. The van der Waals surface area contributed by atoms with Crippen molar-refractivity contribution in [3.05, 3.63) is 0 Å². The predicted octanol–water partition coefficient (Wildman–Crippen LogP) is 3.37. The van der Waals surface area contributed by atoms with Crippen molar-refractivity contribution in [3.63, 3.8) is 0 Å². The van der Waals surface area contributed by atoms with Gasteiger partial charge >= 0.3 is 0 Å². The van der Waals surface area contributed by atoms with Crippen LogP contribution in [0.3, 0.4) is 0 Å². The van der Waals surface area contributed by atoms with Gasteiger partial charge in [-0.2, -0.15) is 0 Å². The molecule has 2 nitrogen and oxygen atoms in total. The average Bonchev–Trinajstić information content (AvgIpc) is 2.84. The van der Waals surface area contributed by atoms with Crippen molar-refractivity contribution in [2.75, 3.05) is 19.6 Å². The zero-order valence-electron chi connectivity index (χ0n) is 13.1. The van der Waals surface area contributed by atoms with E-state index in [1.54, 1.807) is 0 Å². The van der Waals surface area contributed by atoms with Gasteiger partial charge < -0.3 is 0 Å². The van der Waals surface area contributed by atoms with Crippen LogP contribution in [0.5, 0.6) is 0 Å². The summed E-state index contributed by atoms with van der Waals surface area (Å²) in [5.41, 5.74) is 0. The van der Waals surface area contributed by atoms with Gasteiger partial charge in [-0.05, 0) is 56.9 Å². The lowest BCUT2D eigenvalue weighted by Crippen LogP contribution is -2.60. The second-order valence-corrected chi connectivity index (χ2v) is 7.51. The molecule has 0 amide bonds. The van der Waals surface area contributed by atoms with E-state index >= 15 is 0 Å². The van der Waals surface area contributed by atoms with Crippen molar-refractivity contribution in [2.24, 2.45) is 11.8 Å². The topological polar surface area (TPSA) is 6.48 Å². The fraction of sp³-hybridized carbons (Fsp3) is 1.00. The molecule has 3 fully saturated rings. The van der Waals surface area contributed by atoms with Crippen molar-refractivity contribution in [1.82, 2.24) is 9.80 Å². The second kappa shape index (κ2) is 5.73. The van der Waals surface area contributed by atoms with Gasteiger partial charge in [0.25, 0.3) is 0 Å². The third-order valence-electron chi connectivity index (χ3n) is 6.12. The summed E-state index contributed by atoms with van der Waals surface area (Å²) in [7, 11) is 0. The molecule has 2 aliphatic heterocycles. The lowest BCUT2D eigenvalue weighted by atomic mass is 9.78. The van der Waals surface area contributed by atoms with Crippen LogP contribution >= 0.6 is 0 Å². The molecule has 1 aliphatic carbocycles. The summed E-state index contributed by atoms with van der Waals surface area (Å²) >= 11 is 0. The summed E-state index contributed by atoms with van der Waals surface area (Å²) in [4.78, 5) is 5.71. The van der Waals surface area contributed by atoms with Crippen LogP contribution in [0, 0.1) is 11.8 Å². The van der Waals surface area contributed by atoms with Crippen molar-refractivity contribution < 1.29 is 0 Å². The standard InChI is InChI=1S/C17H32N2/c1-4-15-11-18-9-5-6-16(18)12-19(15)17-8-7-13(2)10-14(17)3/h13-17H,4-12H2,1-3H3. The monoisotopic (exact) mass is 264 g/mol. The van der Waals surface area contributed by atoms with Crippen LogP contribution in [0.4, 0.5) is 0 Å². The molecule has 3 aliphatic rings. The van der Waals surface area contributed by atoms with Crippen molar-refractivity contribution in [2.45, 2.75) is 77.4 Å². The first-order valence-electron chi connectivity index (χ1n) is 8.68. The maximum absolute atomic E-state index is 2.93. The fourth-order valence-electron chi connectivity index (χ4n) is 5.02. The van der Waals surface area contributed by atoms with Gasteiger partial charge in [0, 0.05) is 31.2 Å². The number of fused-ring (bicyclic) bond motifs is 1. The summed E-state index contributed by atoms with van der Waals surface area (Å²) in [6.07, 6.45) is 8.58. The molecular weight excluding hydrogens is 232 g/mol. The Morgan fingerprint density at radius 2 is 1.89 bits per heavy atom. The third kappa shape index (κ3) is 2.71. The third-order valence-corrected chi connectivity index (χ3v) is 6.12. The van der Waals surface area contributed by atoms with Crippen LogP contribution in [0.2, 0.25) is 0 Å². The Labute approximate surface area is 119 Å². The normalized spacial score (nSPS) is 45.3. The molecule has 1 saturated carbocycles. The first-order valence-corrected chi connectivity index (χ1v) is 8.68. The second-order valence-electron chi connectivity index (χ2n) is 7.51. The molecule has 19 heavy (non-hydrogen) atoms. The van der Waals surface area contributed by atoms with E-state index in [0.29, 0.717) is 0 Å². The quantitative estimate of drug-likeness (QED) is 0.754. The molecule has 0 aromatic heterocycles. The highest BCUT2D eigenvalue weighted by atomic mass is 15.3. The van der Waals surface area contributed by atoms with Crippen LogP contribution in [-0.2, 0) is 0 Å². The molecule has 3 rings (SSSR count). The Kier molecular flexibility index (Phi) is 4.19. The van der Waals surface area contributed by atoms with Gasteiger partial charge in [-0.3, -0.25) is 9.80 Å². The van der Waals surface area contributed by atoms with E-state index in [1.807, 2.05) is 0 Å². The largest absolute Gasteiger partial charge is 0.298 e. The molecule has 0 aromatic rings. The highest BCUT2D eigenvalue weighted by molar-refractivity contribution is 4.96. The highest BCUT2D eigenvalue weighted by Gasteiger charge is 2.40. The number of piperazine rings is 1. The van der Waals surface area contributed by atoms with Crippen LogP contribution < -0.4 is 0 Å². The SMILES string of the molecule is CCC1CN2CCCC2CN1C1CCC(C)CC1C. The van der Waals surface area contributed by atoms with Gasteiger partial charge in [-0.1, -0.05) is 20.8 Å². The molecule has 2 saturated heterocycles. The predicted molar refractivity (Wildman–Crippen MR) is 81.3 cm³/mol. The highest BCUT2D eigenvalue weighted by Crippen LogP contribution is 2.36. The van der Waals surface area contributed by atoms with Crippen LogP contribution in [0.15, 0.2) is 0 Å². The fourth-order valence-corrected chi connectivity index (χ4v) is 5.02. The maximum Gasteiger partial charge on any atom is 0.0224 e. The van der Waals surface area contributed by atoms with E-state index in [-0.39, 0.29) is 0 Å². The number of nitrogens with zero attached hydrogens (tertiary/aromatic N) is 2. The van der Waals surface area contributed by atoms with E-state index in [9.17, 15) is 0 Å². The Morgan fingerprint density at radius 3 is 2.63 bits per heavy atom. The van der Waals surface area contributed by atoms with Gasteiger partial charge in [-0.15, -0.1) is 0 Å². The van der Waals surface area contributed by atoms with Gasteiger partial charge in [0.15, 0.2) is 0 Å². The summed E-state index contributed by atoms with van der Waals surface area (Å²) in [6.45, 7) is 11.4. The van der Waals surface area contributed by atoms with E-state index in [2.05, 4.69) is 30.6 Å². The van der Waals surface area contributed by atoms with Crippen molar-refractivity contribution >= 4 is 0 Å². The van der Waals surface area contributed by atoms with Gasteiger partial charge in [0.2, 0.25) is 0 Å². The van der Waals surface area contributed by atoms with Gasteiger partial charge in [-0.25, -0.2) is 0 Å². The van der Waals surface area contributed by atoms with Crippen LogP contribution in [0.25, 0.3) is 0 Å². The minimum absolute atomic E-state index is 0.829. The van der Waals surface area contributed by atoms with E-state index < -0.39 is 0 Å². The summed E-state index contributed by atoms with van der Waals surface area (Å²) in [5, 5.41) is 0. The number of hydrogen-bond donors (Lipinski definition) is 0. The summed E-state index contributed by atoms with van der Waals surface area (Å²) < 4.78 is 0. The first kappa shape index (κ1) is 13.9. The number of hydrogen-bond acceptors (Lipinski definition) is 2. The molecule has 0 N–H and O–H groups in total. The van der Waals surface area contributed by atoms with E-state index in [4.69, 9.17) is 0 Å². The molecule has 0 aromatic carbocycles. The smallest absolute Gasteiger partial charge is 0.0224 e. The Hall–Kier alpha value is -0.0800. The lowest BCUT2D eigenvalue weighted by molar-refractivity contribution is -0.0155. The summed E-state index contributed by atoms with van der Waals surface area (Å²) in [6, 6.07) is 2.59. The van der Waals surface area contributed by atoms with Gasteiger partial charge in [0.1, 0.15) is 0 Å². The molecule has 5 unspecified atom stereocenters. The zero-order valence-corrected chi connectivity index (χ0v) is 13.1. The van der Waals surface area contributed by atoms with Crippen molar-refractivity contribution in [3.8, 4) is 0 Å². The molecule has 0 radical (unpaired) electrons. The minimum atomic E-state index is 0.829. The molecule has 0 spiro atoms. The molecule has 110 valence electrons. The zero-order chi connectivity index (χ0) is 13.4. The Bertz CT molecular complexity index is 304. The van der Waals surface area contributed by atoms with Crippen LogP contribution in [-0.4, -0.2) is 47.6 Å². The maximum atomic E-state index is 2.93. The Balaban J connectivity index is 1.70. The molecule has 0 bridgehead atoms. The summed E-state index contributed by atoms with van der Waals surface area (Å²) in [5.74, 6) is 1.87. The van der Waals surface area contributed by atoms with Crippen LogP contribution in [0.1, 0.15) is 59.3 Å². The van der Waals surface area contributed by atoms with E-state index in [0.717, 1.165) is 30.0 Å². The molecule has 2 heteroatoms. The molecule has 5 atom stereocenters. The Morgan fingerprint density at radius 1 is 1.05 bits per heavy atom. The van der Waals surface area contributed by atoms with E-state index in [1.165, 1.54) is 58.2 Å². The van der Waals surface area contributed by atoms with Gasteiger partial charge in [0.05, 0.1) is 0 Å². The average molecular weight is 264 g/mol. The first-order chi connectivity index (χ1) is 9.19. The van der Waals surface area contributed by atoms with Crippen molar-refractivity contribution in [1.29, 1.82) is 0 Å². The minimum Gasteiger partial charge on any atom is -0.298 e. The molecular formula is C17H32N2. The lowest BCUT2D eigenvalue weighted by Gasteiger charge is -2.50.